The van der Waals surface area contributed by atoms with Gasteiger partial charge in [0.15, 0.2) is 0 Å². The summed E-state index contributed by atoms with van der Waals surface area (Å²) >= 11 is 0. The summed E-state index contributed by atoms with van der Waals surface area (Å²) in [4.78, 5) is 12.1. The standard InChI is InChI=1S/C16H15N3O/c1-11-3-2-4-14(18)15(11)16(20)19-10-13-7-5-12(9-17)6-8-13/h2-8H,10,18H2,1H3,(H,19,20). The molecule has 0 atom stereocenters. The molecule has 0 aliphatic heterocycles. The van der Waals surface area contributed by atoms with E-state index in [1.165, 1.54) is 0 Å². The first-order valence-electron chi connectivity index (χ1n) is 6.24. The zero-order chi connectivity index (χ0) is 14.5. The number of nitrogens with one attached hydrogen (secondary N) is 1. The molecule has 0 saturated heterocycles. The van der Waals surface area contributed by atoms with Gasteiger partial charge in [-0.1, -0.05) is 24.3 Å². The molecule has 0 aliphatic rings. The number of nitrogens with zero attached hydrogens (tertiary/aromatic N) is 1. The molecule has 0 bridgehead atoms. The van der Waals surface area contributed by atoms with E-state index in [1.54, 1.807) is 18.2 Å². The summed E-state index contributed by atoms with van der Waals surface area (Å²) in [7, 11) is 0. The molecule has 2 aromatic rings. The van der Waals surface area contributed by atoms with E-state index in [4.69, 9.17) is 11.0 Å². The Balaban J connectivity index is 2.07. The van der Waals surface area contributed by atoms with Gasteiger partial charge in [-0.15, -0.1) is 0 Å². The molecule has 2 rings (SSSR count). The van der Waals surface area contributed by atoms with E-state index in [9.17, 15) is 4.79 Å². The predicted molar refractivity (Wildman–Crippen MR) is 77.9 cm³/mol. The largest absolute Gasteiger partial charge is 0.398 e. The Bertz CT molecular complexity index is 649. The Kier molecular flexibility index (Phi) is 4.02. The van der Waals surface area contributed by atoms with Crippen LogP contribution in [0.25, 0.3) is 0 Å². The Labute approximate surface area is 117 Å². The number of hydrogen-bond donors (Lipinski definition) is 2. The number of carbonyl (C=O) groups is 1. The fraction of sp³-hybridized carbons (Fsp3) is 0.125. The number of nitrogens with two attached hydrogens (primary N) is 1. The third kappa shape index (κ3) is 2.96. The summed E-state index contributed by atoms with van der Waals surface area (Å²) in [6, 6.07) is 14.5. The molecule has 20 heavy (non-hydrogen) atoms. The molecule has 2 aromatic carbocycles. The monoisotopic (exact) mass is 265 g/mol. The van der Waals surface area contributed by atoms with Gasteiger partial charge in [0.1, 0.15) is 0 Å². The van der Waals surface area contributed by atoms with E-state index >= 15 is 0 Å². The first-order valence-corrected chi connectivity index (χ1v) is 6.24. The average molecular weight is 265 g/mol. The van der Waals surface area contributed by atoms with Gasteiger partial charge < -0.3 is 11.1 Å². The highest BCUT2D eigenvalue weighted by Gasteiger charge is 2.11. The first kappa shape index (κ1) is 13.6. The molecular formula is C16H15N3O. The van der Waals surface area contributed by atoms with Gasteiger partial charge >= 0.3 is 0 Å². The van der Waals surface area contributed by atoms with Crippen molar-refractivity contribution in [2.75, 3.05) is 5.73 Å². The highest BCUT2D eigenvalue weighted by molar-refractivity contribution is 6.00. The number of hydrogen-bond acceptors (Lipinski definition) is 3. The van der Waals surface area contributed by atoms with E-state index in [2.05, 4.69) is 11.4 Å². The van der Waals surface area contributed by atoms with E-state index in [-0.39, 0.29) is 5.91 Å². The second kappa shape index (κ2) is 5.89. The van der Waals surface area contributed by atoms with Crippen LogP contribution in [0.15, 0.2) is 42.5 Å². The van der Waals surface area contributed by atoms with Gasteiger partial charge in [-0.2, -0.15) is 5.26 Å². The molecular weight excluding hydrogens is 250 g/mol. The van der Waals surface area contributed by atoms with Crippen LogP contribution in [-0.2, 0) is 6.54 Å². The predicted octanol–water partition coefficient (Wildman–Crippen LogP) is 2.38. The summed E-state index contributed by atoms with van der Waals surface area (Å²) in [5, 5.41) is 11.6. The third-order valence-electron chi connectivity index (χ3n) is 3.07. The van der Waals surface area contributed by atoms with Gasteiger partial charge in [0, 0.05) is 12.2 Å². The Morgan fingerprint density at radius 3 is 2.55 bits per heavy atom. The lowest BCUT2D eigenvalue weighted by Gasteiger charge is -2.10. The second-order valence-corrected chi connectivity index (χ2v) is 4.53. The average Bonchev–Trinajstić information content (AvgIpc) is 2.45. The maximum Gasteiger partial charge on any atom is 0.253 e. The van der Waals surface area contributed by atoms with Crippen LogP contribution >= 0.6 is 0 Å². The molecule has 3 N–H and O–H groups in total. The quantitative estimate of drug-likeness (QED) is 0.836. The number of anilines is 1. The first-order chi connectivity index (χ1) is 9.61. The molecule has 0 aromatic heterocycles. The molecule has 0 radical (unpaired) electrons. The number of nitrogen functional groups attached to an aromatic ring is 1. The summed E-state index contributed by atoms with van der Waals surface area (Å²) in [6.45, 7) is 2.26. The van der Waals surface area contributed by atoms with Gasteiger partial charge in [0.25, 0.3) is 5.91 Å². The van der Waals surface area contributed by atoms with Crippen molar-refractivity contribution in [1.82, 2.24) is 5.32 Å². The molecule has 100 valence electrons. The lowest BCUT2D eigenvalue weighted by atomic mass is 10.1. The van der Waals surface area contributed by atoms with Gasteiger partial charge in [-0.25, -0.2) is 0 Å². The van der Waals surface area contributed by atoms with Crippen LogP contribution in [0.2, 0.25) is 0 Å². The molecule has 0 saturated carbocycles. The van der Waals surface area contributed by atoms with Crippen LogP contribution < -0.4 is 11.1 Å². The number of rotatable bonds is 3. The minimum absolute atomic E-state index is 0.190. The lowest BCUT2D eigenvalue weighted by molar-refractivity contribution is 0.0951. The Morgan fingerprint density at radius 1 is 1.25 bits per heavy atom. The molecule has 0 fully saturated rings. The van der Waals surface area contributed by atoms with E-state index in [0.29, 0.717) is 23.4 Å². The number of amides is 1. The zero-order valence-corrected chi connectivity index (χ0v) is 11.2. The Morgan fingerprint density at radius 2 is 1.95 bits per heavy atom. The van der Waals surface area contributed by atoms with Crippen molar-refractivity contribution in [2.24, 2.45) is 0 Å². The molecule has 4 heteroatoms. The number of carbonyl (C=O) groups excluding carboxylic acids is 1. The van der Waals surface area contributed by atoms with Crippen LogP contribution in [0.1, 0.15) is 27.0 Å². The van der Waals surface area contributed by atoms with Crippen molar-refractivity contribution in [3.8, 4) is 6.07 Å². The normalized spacial score (nSPS) is 9.80. The molecule has 0 heterocycles. The van der Waals surface area contributed by atoms with Crippen molar-refractivity contribution in [1.29, 1.82) is 5.26 Å². The molecule has 0 aliphatic carbocycles. The van der Waals surface area contributed by atoms with Crippen LogP contribution in [0.3, 0.4) is 0 Å². The van der Waals surface area contributed by atoms with Gasteiger partial charge in [-0.05, 0) is 36.2 Å². The maximum atomic E-state index is 12.1. The summed E-state index contributed by atoms with van der Waals surface area (Å²) in [5.41, 5.74) is 9.21. The zero-order valence-electron chi connectivity index (χ0n) is 11.2. The molecule has 0 unspecified atom stereocenters. The highest BCUT2D eigenvalue weighted by Crippen LogP contribution is 2.16. The summed E-state index contributed by atoms with van der Waals surface area (Å²) in [6.07, 6.45) is 0. The smallest absolute Gasteiger partial charge is 0.253 e. The fourth-order valence-electron chi connectivity index (χ4n) is 1.97. The maximum absolute atomic E-state index is 12.1. The third-order valence-corrected chi connectivity index (χ3v) is 3.07. The number of benzene rings is 2. The van der Waals surface area contributed by atoms with Gasteiger partial charge in [0.2, 0.25) is 0 Å². The minimum Gasteiger partial charge on any atom is -0.398 e. The van der Waals surface area contributed by atoms with E-state index in [0.717, 1.165) is 11.1 Å². The van der Waals surface area contributed by atoms with Gasteiger partial charge in [0.05, 0.1) is 17.2 Å². The fourth-order valence-corrected chi connectivity index (χ4v) is 1.97. The number of nitriles is 1. The van der Waals surface area contributed by atoms with Crippen LogP contribution in [0, 0.1) is 18.3 Å². The van der Waals surface area contributed by atoms with Crippen molar-refractivity contribution in [3.05, 3.63) is 64.7 Å². The van der Waals surface area contributed by atoms with E-state index < -0.39 is 0 Å². The SMILES string of the molecule is Cc1cccc(N)c1C(=O)NCc1ccc(C#N)cc1. The summed E-state index contributed by atoms with van der Waals surface area (Å²) < 4.78 is 0. The number of aryl methyl sites for hydroxylation is 1. The van der Waals surface area contributed by atoms with Crippen LogP contribution in [0.4, 0.5) is 5.69 Å². The van der Waals surface area contributed by atoms with Crippen LogP contribution in [0.5, 0.6) is 0 Å². The molecule has 0 spiro atoms. The lowest BCUT2D eigenvalue weighted by Crippen LogP contribution is -2.24. The summed E-state index contributed by atoms with van der Waals surface area (Å²) in [5.74, 6) is -0.190. The van der Waals surface area contributed by atoms with Crippen molar-refractivity contribution < 1.29 is 4.79 Å². The highest BCUT2D eigenvalue weighted by atomic mass is 16.1. The van der Waals surface area contributed by atoms with Crippen molar-refractivity contribution in [2.45, 2.75) is 13.5 Å². The van der Waals surface area contributed by atoms with Crippen LogP contribution in [-0.4, -0.2) is 5.91 Å². The second-order valence-electron chi connectivity index (χ2n) is 4.53. The molecule has 4 nitrogen and oxygen atoms in total. The van der Waals surface area contributed by atoms with Crippen molar-refractivity contribution >= 4 is 11.6 Å². The van der Waals surface area contributed by atoms with Gasteiger partial charge in [-0.3, -0.25) is 4.79 Å². The molecule has 1 amide bonds. The van der Waals surface area contributed by atoms with E-state index in [1.807, 2.05) is 31.2 Å². The topological polar surface area (TPSA) is 78.9 Å². The van der Waals surface area contributed by atoms with Crippen molar-refractivity contribution in [3.63, 3.8) is 0 Å². The minimum atomic E-state index is -0.190. The Hall–Kier alpha value is -2.80.